The summed E-state index contributed by atoms with van der Waals surface area (Å²) in [6.45, 7) is 0.786. The fraction of sp³-hybridized carbons (Fsp3) is 0.231. The molecule has 18 heavy (non-hydrogen) atoms. The molecule has 0 aliphatic carbocycles. The zero-order chi connectivity index (χ0) is 13.0. The minimum Gasteiger partial charge on any atom is -0.465 e. The van der Waals surface area contributed by atoms with Crippen molar-refractivity contribution in [2.75, 3.05) is 20.7 Å². The predicted octanol–water partition coefficient (Wildman–Crippen LogP) is 1.58. The van der Waals surface area contributed by atoms with Gasteiger partial charge in [0.25, 0.3) is 0 Å². The topological polar surface area (TPSA) is 67.0 Å². The minimum atomic E-state index is -0.348. The summed E-state index contributed by atoms with van der Waals surface area (Å²) in [4.78, 5) is 11.4. The second-order valence-corrected chi connectivity index (χ2v) is 3.82. The zero-order valence-corrected chi connectivity index (χ0v) is 10.4. The molecule has 5 heteroatoms. The number of benzene rings is 1. The first-order valence-electron chi connectivity index (χ1n) is 5.64. The lowest BCUT2D eigenvalue weighted by Gasteiger charge is -1.98. The van der Waals surface area contributed by atoms with E-state index >= 15 is 0 Å². The fourth-order valence-corrected chi connectivity index (χ4v) is 1.70. The summed E-state index contributed by atoms with van der Waals surface area (Å²) in [7, 11) is 3.25. The molecular weight excluding hydrogens is 230 g/mol. The van der Waals surface area contributed by atoms with Crippen LogP contribution in [0, 0.1) is 0 Å². The molecule has 1 aromatic carbocycles. The second-order valence-electron chi connectivity index (χ2n) is 3.82. The highest BCUT2D eigenvalue weighted by Crippen LogP contribution is 2.19. The summed E-state index contributed by atoms with van der Waals surface area (Å²) in [5, 5.41) is 11.1. The number of nitrogens with one attached hydrogen (secondary N) is 2. The van der Waals surface area contributed by atoms with Crippen LogP contribution in [-0.2, 0) is 4.74 Å². The van der Waals surface area contributed by atoms with Crippen LogP contribution in [0.15, 0.2) is 24.3 Å². The smallest absolute Gasteiger partial charge is 0.337 e. The maximum Gasteiger partial charge on any atom is 0.337 e. The van der Waals surface area contributed by atoms with Crippen molar-refractivity contribution in [3.8, 4) is 0 Å². The van der Waals surface area contributed by atoms with E-state index in [1.54, 1.807) is 12.1 Å². The molecule has 0 unspecified atom stereocenters. The fourth-order valence-electron chi connectivity index (χ4n) is 1.70. The Kier molecular flexibility index (Phi) is 3.74. The quantitative estimate of drug-likeness (QED) is 0.803. The molecule has 0 aliphatic rings. The number of aromatic nitrogens is 2. The van der Waals surface area contributed by atoms with Crippen molar-refractivity contribution in [2.24, 2.45) is 0 Å². The van der Waals surface area contributed by atoms with Gasteiger partial charge in [0.2, 0.25) is 0 Å². The van der Waals surface area contributed by atoms with Gasteiger partial charge in [-0.2, -0.15) is 5.10 Å². The Morgan fingerprint density at radius 1 is 1.56 bits per heavy atom. The first-order chi connectivity index (χ1) is 8.76. The van der Waals surface area contributed by atoms with Gasteiger partial charge in [0.1, 0.15) is 0 Å². The van der Waals surface area contributed by atoms with Crippen LogP contribution in [0.25, 0.3) is 17.0 Å². The number of methoxy groups -OCH3 is 1. The monoisotopic (exact) mass is 245 g/mol. The maximum atomic E-state index is 11.4. The van der Waals surface area contributed by atoms with Gasteiger partial charge in [0.15, 0.2) is 0 Å². The molecule has 0 bridgehead atoms. The zero-order valence-electron chi connectivity index (χ0n) is 10.4. The van der Waals surface area contributed by atoms with E-state index in [1.165, 1.54) is 7.11 Å². The number of nitrogens with zero attached hydrogens (tertiary/aromatic N) is 1. The number of esters is 1. The molecule has 0 saturated heterocycles. The third-order valence-corrected chi connectivity index (χ3v) is 2.61. The third kappa shape index (κ3) is 2.41. The standard InChI is InChI=1S/C13H15N3O2/c1-14-7-3-4-11-10-6-5-9(13(17)18-2)8-12(10)16-15-11/h3-6,8,14H,7H2,1-2H3,(H,15,16). The molecule has 94 valence electrons. The summed E-state index contributed by atoms with van der Waals surface area (Å²) < 4.78 is 4.68. The van der Waals surface area contributed by atoms with Crippen molar-refractivity contribution in [1.29, 1.82) is 0 Å². The van der Waals surface area contributed by atoms with Crippen LogP contribution in [0.4, 0.5) is 0 Å². The molecule has 0 fully saturated rings. The highest BCUT2D eigenvalue weighted by molar-refractivity contribution is 5.96. The van der Waals surface area contributed by atoms with Gasteiger partial charge in [-0.25, -0.2) is 4.79 Å². The van der Waals surface area contributed by atoms with Crippen LogP contribution in [0.1, 0.15) is 16.1 Å². The predicted molar refractivity (Wildman–Crippen MR) is 70.4 cm³/mol. The van der Waals surface area contributed by atoms with Crippen molar-refractivity contribution in [3.05, 3.63) is 35.5 Å². The number of hydrogen-bond acceptors (Lipinski definition) is 4. The van der Waals surface area contributed by atoms with E-state index in [4.69, 9.17) is 0 Å². The van der Waals surface area contributed by atoms with E-state index in [9.17, 15) is 4.79 Å². The van der Waals surface area contributed by atoms with Gasteiger partial charge >= 0.3 is 5.97 Å². The van der Waals surface area contributed by atoms with Gasteiger partial charge in [-0.1, -0.05) is 6.08 Å². The lowest BCUT2D eigenvalue weighted by atomic mass is 10.1. The SMILES string of the molecule is CNCC=Cc1n[nH]c2cc(C(=O)OC)ccc12. The Hall–Kier alpha value is -2.14. The molecule has 0 radical (unpaired) electrons. The number of likely N-dealkylation sites (N-methyl/N-ethyl adjacent to an activating group) is 1. The van der Waals surface area contributed by atoms with Crippen molar-refractivity contribution in [1.82, 2.24) is 15.5 Å². The average Bonchev–Trinajstić information content (AvgIpc) is 2.80. The molecule has 2 rings (SSSR count). The number of fused-ring (bicyclic) bond motifs is 1. The van der Waals surface area contributed by atoms with Crippen LogP contribution in [0.5, 0.6) is 0 Å². The first kappa shape index (κ1) is 12.3. The van der Waals surface area contributed by atoms with E-state index < -0.39 is 0 Å². The van der Waals surface area contributed by atoms with Gasteiger partial charge in [0.05, 0.1) is 23.9 Å². The maximum absolute atomic E-state index is 11.4. The van der Waals surface area contributed by atoms with Crippen LogP contribution in [0.3, 0.4) is 0 Å². The minimum absolute atomic E-state index is 0.348. The van der Waals surface area contributed by atoms with E-state index in [-0.39, 0.29) is 5.97 Å². The van der Waals surface area contributed by atoms with Gasteiger partial charge in [-0.15, -0.1) is 0 Å². The first-order valence-corrected chi connectivity index (χ1v) is 5.64. The Morgan fingerprint density at radius 3 is 3.11 bits per heavy atom. The molecule has 2 aromatic rings. The largest absolute Gasteiger partial charge is 0.465 e. The molecule has 2 N–H and O–H groups in total. The van der Waals surface area contributed by atoms with E-state index in [2.05, 4.69) is 20.3 Å². The van der Waals surface area contributed by atoms with Crippen LogP contribution >= 0.6 is 0 Å². The van der Waals surface area contributed by atoms with Crippen molar-refractivity contribution in [2.45, 2.75) is 0 Å². The van der Waals surface area contributed by atoms with E-state index in [0.29, 0.717) is 5.56 Å². The highest BCUT2D eigenvalue weighted by Gasteiger charge is 2.08. The molecule has 0 saturated carbocycles. The highest BCUT2D eigenvalue weighted by atomic mass is 16.5. The Morgan fingerprint density at radius 2 is 2.39 bits per heavy atom. The van der Waals surface area contributed by atoms with Crippen molar-refractivity contribution in [3.63, 3.8) is 0 Å². The molecule has 0 spiro atoms. The number of ether oxygens (including phenoxy) is 1. The molecule has 0 amide bonds. The second kappa shape index (κ2) is 5.46. The van der Waals surface area contributed by atoms with Gasteiger partial charge < -0.3 is 10.1 Å². The normalized spacial score (nSPS) is 11.2. The lowest BCUT2D eigenvalue weighted by molar-refractivity contribution is 0.0601. The number of carbonyl (C=O) groups excluding carboxylic acids is 1. The average molecular weight is 245 g/mol. The van der Waals surface area contributed by atoms with Gasteiger partial charge in [-0.3, -0.25) is 5.10 Å². The summed E-state index contributed by atoms with van der Waals surface area (Å²) >= 11 is 0. The van der Waals surface area contributed by atoms with Crippen LogP contribution in [0.2, 0.25) is 0 Å². The lowest BCUT2D eigenvalue weighted by Crippen LogP contribution is -2.03. The van der Waals surface area contributed by atoms with Gasteiger partial charge in [0, 0.05) is 11.9 Å². The number of hydrogen-bond donors (Lipinski definition) is 2. The van der Waals surface area contributed by atoms with E-state index in [0.717, 1.165) is 23.1 Å². The number of H-pyrrole nitrogens is 1. The summed E-state index contributed by atoms with van der Waals surface area (Å²) in [5.41, 5.74) is 2.19. The van der Waals surface area contributed by atoms with Crippen molar-refractivity contribution < 1.29 is 9.53 Å². The number of aromatic amines is 1. The molecule has 1 heterocycles. The number of carbonyl (C=O) groups is 1. The summed E-state index contributed by atoms with van der Waals surface area (Å²) in [5.74, 6) is -0.348. The molecule has 5 nitrogen and oxygen atoms in total. The van der Waals surface area contributed by atoms with Gasteiger partial charge in [-0.05, 0) is 31.3 Å². The van der Waals surface area contributed by atoms with Crippen LogP contribution in [-0.4, -0.2) is 36.9 Å². The molecule has 0 atom stereocenters. The van der Waals surface area contributed by atoms with Crippen LogP contribution < -0.4 is 5.32 Å². The number of rotatable bonds is 4. The Labute approximate surface area is 105 Å². The third-order valence-electron chi connectivity index (χ3n) is 2.61. The molecular formula is C13H15N3O2. The van der Waals surface area contributed by atoms with Crippen molar-refractivity contribution >= 4 is 22.9 Å². The summed E-state index contributed by atoms with van der Waals surface area (Å²) in [6, 6.07) is 5.34. The summed E-state index contributed by atoms with van der Waals surface area (Å²) in [6.07, 6.45) is 3.93. The van der Waals surface area contributed by atoms with E-state index in [1.807, 2.05) is 25.3 Å². The molecule has 0 aliphatic heterocycles. The molecule has 1 aromatic heterocycles. The Balaban J connectivity index is 2.34. The Bertz CT molecular complexity index is 587.